The highest BCUT2D eigenvalue weighted by molar-refractivity contribution is 8.26. The van der Waals surface area contributed by atoms with Gasteiger partial charge in [-0.1, -0.05) is 74.2 Å². The minimum absolute atomic E-state index is 0.178. The Labute approximate surface area is 196 Å². The smallest absolute Gasteiger partial charge is 0.267 e. The van der Waals surface area contributed by atoms with Gasteiger partial charge in [0.1, 0.15) is 15.8 Å². The average molecular weight is 465 g/mol. The number of fused-ring (bicyclic) bond motifs is 1. The number of benzene rings is 1. The van der Waals surface area contributed by atoms with Gasteiger partial charge in [-0.25, -0.2) is 4.98 Å². The Morgan fingerprint density at radius 3 is 2.62 bits per heavy atom. The van der Waals surface area contributed by atoms with Crippen LogP contribution in [-0.4, -0.2) is 37.6 Å². The van der Waals surface area contributed by atoms with Gasteiger partial charge in [0.2, 0.25) is 0 Å². The van der Waals surface area contributed by atoms with Crippen LogP contribution < -0.4 is 10.9 Å². The van der Waals surface area contributed by atoms with Gasteiger partial charge in [0.25, 0.3) is 11.5 Å². The number of rotatable bonds is 7. The Balaban J connectivity index is 1.66. The van der Waals surface area contributed by atoms with Crippen LogP contribution in [0.2, 0.25) is 0 Å². The number of nitrogens with zero attached hydrogens (tertiary/aromatic N) is 3. The second kappa shape index (κ2) is 9.67. The lowest BCUT2D eigenvalue weighted by Crippen LogP contribution is -2.30. The van der Waals surface area contributed by atoms with Crippen LogP contribution in [0.5, 0.6) is 0 Å². The number of thiocarbonyl (C=S) groups is 1. The van der Waals surface area contributed by atoms with Gasteiger partial charge in [-0.05, 0) is 36.1 Å². The SMILES string of the molecule is CC(C)CNc1nc2ccccn2c(=O)c1C=C1SC(=S)N(CCc2ccccc2)C1=O. The van der Waals surface area contributed by atoms with E-state index < -0.39 is 0 Å². The van der Waals surface area contributed by atoms with Crippen LogP contribution >= 0.6 is 24.0 Å². The fraction of sp³-hybridized carbons (Fsp3) is 0.250. The molecule has 1 aliphatic rings. The van der Waals surface area contributed by atoms with E-state index in [0.717, 1.165) is 5.56 Å². The number of hydrogen-bond donors (Lipinski definition) is 1. The summed E-state index contributed by atoms with van der Waals surface area (Å²) in [4.78, 5) is 33.0. The van der Waals surface area contributed by atoms with E-state index in [1.165, 1.54) is 16.2 Å². The molecule has 0 aliphatic carbocycles. The van der Waals surface area contributed by atoms with Crippen LogP contribution in [0, 0.1) is 5.92 Å². The standard InChI is InChI=1S/C24H24N4O2S2/c1-16(2)15-25-21-18(22(29)27-12-7-6-10-20(27)26-21)14-19-23(30)28(24(31)32-19)13-11-17-8-4-3-5-9-17/h3-10,12,14,16,25H,11,13,15H2,1-2H3. The zero-order valence-corrected chi connectivity index (χ0v) is 19.6. The maximum Gasteiger partial charge on any atom is 0.267 e. The summed E-state index contributed by atoms with van der Waals surface area (Å²) < 4.78 is 1.99. The van der Waals surface area contributed by atoms with Gasteiger partial charge in [0.05, 0.1) is 10.5 Å². The summed E-state index contributed by atoms with van der Waals surface area (Å²) in [5.74, 6) is 0.669. The molecule has 3 aromatic rings. The summed E-state index contributed by atoms with van der Waals surface area (Å²) in [6.07, 6.45) is 4.01. The van der Waals surface area contributed by atoms with E-state index in [2.05, 4.69) is 24.1 Å². The molecule has 0 saturated carbocycles. The van der Waals surface area contributed by atoms with Crippen molar-refractivity contribution in [2.45, 2.75) is 20.3 Å². The van der Waals surface area contributed by atoms with E-state index in [9.17, 15) is 9.59 Å². The number of pyridine rings is 1. The van der Waals surface area contributed by atoms with Crippen LogP contribution in [0.1, 0.15) is 25.0 Å². The van der Waals surface area contributed by atoms with E-state index >= 15 is 0 Å². The molecule has 0 spiro atoms. The fourth-order valence-electron chi connectivity index (χ4n) is 3.38. The van der Waals surface area contributed by atoms with Crippen molar-refractivity contribution in [2.24, 2.45) is 5.92 Å². The summed E-state index contributed by atoms with van der Waals surface area (Å²) in [7, 11) is 0. The van der Waals surface area contributed by atoms with Crippen LogP contribution in [0.15, 0.2) is 64.4 Å². The molecule has 1 fully saturated rings. The number of carbonyl (C=O) groups is 1. The molecule has 32 heavy (non-hydrogen) atoms. The Morgan fingerprint density at radius 2 is 1.88 bits per heavy atom. The molecule has 164 valence electrons. The molecule has 1 saturated heterocycles. The average Bonchev–Trinajstić information content (AvgIpc) is 3.06. The fourth-order valence-corrected chi connectivity index (χ4v) is 4.67. The van der Waals surface area contributed by atoms with Crippen molar-refractivity contribution >= 4 is 51.7 Å². The number of carbonyl (C=O) groups excluding carboxylic acids is 1. The number of nitrogens with one attached hydrogen (secondary N) is 1. The van der Waals surface area contributed by atoms with E-state index in [0.29, 0.717) is 51.7 Å². The third kappa shape index (κ3) is 4.76. The molecule has 1 N–H and O–H groups in total. The molecule has 0 radical (unpaired) electrons. The van der Waals surface area contributed by atoms with Gasteiger partial charge in [0.15, 0.2) is 0 Å². The van der Waals surface area contributed by atoms with Crippen LogP contribution in [0.3, 0.4) is 0 Å². The van der Waals surface area contributed by atoms with Gasteiger partial charge in [0, 0.05) is 19.3 Å². The molecule has 0 bridgehead atoms. The minimum atomic E-state index is -0.226. The van der Waals surface area contributed by atoms with E-state index in [-0.39, 0.29) is 11.5 Å². The van der Waals surface area contributed by atoms with Crippen molar-refractivity contribution in [3.63, 3.8) is 0 Å². The molecular formula is C24H24N4O2S2. The summed E-state index contributed by atoms with van der Waals surface area (Å²) in [5.41, 5.74) is 1.83. The van der Waals surface area contributed by atoms with E-state index in [1.54, 1.807) is 29.3 Å². The van der Waals surface area contributed by atoms with Crippen molar-refractivity contribution in [3.8, 4) is 0 Å². The molecule has 1 amide bonds. The third-order valence-corrected chi connectivity index (χ3v) is 6.44. The van der Waals surface area contributed by atoms with Gasteiger partial charge < -0.3 is 5.32 Å². The summed E-state index contributed by atoms with van der Waals surface area (Å²) in [6, 6.07) is 15.4. The molecule has 1 aromatic carbocycles. The minimum Gasteiger partial charge on any atom is -0.369 e. The van der Waals surface area contributed by atoms with Gasteiger partial charge >= 0.3 is 0 Å². The van der Waals surface area contributed by atoms with E-state index in [1.807, 2.05) is 36.4 Å². The molecule has 8 heteroatoms. The molecule has 0 atom stereocenters. The molecule has 2 aromatic heterocycles. The number of anilines is 1. The second-order valence-corrected chi connectivity index (χ2v) is 9.63. The first-order chi connectivity index (χ1) is 15.4. The monoisotopic (exact) mass is 464 g/mol. The molecule has 4 rings (SSSR count). The zero-order chi connectivity index (χ0) is 22.7. The maximum absolute atomic E-state index is 13.2. The second-order valence-electron chi connectivity index (χ2n) is 7.95. The Bertz CT molecular complexity index is 1250. The first kappa shape index (κ1) is 22.2. The predicted molar refractivity (Wildman–Crippen MR) is 135 cm³/mol. The predicted octanol–water partition coefficient (Wildman–Crippen LogP) is 4.21. The number of aromatic nitrogens is 2. The van der Waals surface area contributed by atoms with Crippen molar-refractivity contribution < 1.29 is 4.79 Å². The van der Waals surface area contributed by atoms with Crippen LogP contribution in [-0.2, 0) is 11.2 Å². The van der Waals surface area contributed by atoms with Crippen molar-refractivity contribution in [1.29, 1.82) is 0 Å². The lowest BCUT2D eigenvalue weighted by molar-refractivity contribution is -0.122. The summed E-state index contributed by atoms with van der Waals surface area (Å²) in [5, 5.41) is 3.27. The molecule has 1 aliphatic heterocycles. The zero-order valence-electron chi connectivity index (χ0n) is 17.9. The highest BCUT2D eigenvalue weighted by Crippen LogP contribution is 2.33. The van der Waals surface area contributed by atoms with Crippen molar-refractivity contribution in [3.05, 3.63) is 81.1 Å². The number of amides is 1. The maximum atomic E-state index is 13.2. The lowest BCUT2D eigenvalue weighted by Gasteiger charge is -2.14. The number of hydrogen-bond acceptors (Lipinski definition) is 6. The first-order valence-electron chi connectivity index (χ1n) is 10.5. The lowest BCUT2D eigenvalue weighted by atomic mass is 10.1. The number of thioether (sulfide) groups is 1. The largest absolute Gasteiger partial charge is 0.369 e. The van der Waals surface area contributed by atoms with Crippen molar-refractivity contribution in [2.75, 3.05) is 18.4 Å². The molecule has 3 heterocycles. The summed E-state index contributed by atoms with van der Waals surface area (Å²) >= 11 is 6.69. The highest BCUT2D eigenvalue weighted by Gasteiger charge is 2.32. The normalized spacial score (nSPS) is 15.3. The van der Waals surface area contributed by atoms with Crippen molar-refractivity contribution in [1.82, 2.24) is 14.3 Å². The van der Waals surface area contributed by atoms with E-state index in [4.69, 9.17) is 12.2 Å². The Hall–Kier alpha value is -2.97. The summed E-state index contributed by atoms with van der Waals surface area (Å²) in [6.45, 7) is 5.32. The van der Waals surface area contributed by atoms with Gasteiger partial charge in [-0.3, -0.25) is 18.9 Å². The van der Waals surface area contributed by atoms with Gasteiger partial charge in [-0.15, -0.1) is 0 Å². The molecule has 6 nitrogen and oxygen atoms in total. The Kier molecular flexibility index (Phi) is 6.72. The van der Waals surface area contributed by atoms with Gasteiger partial charge in [-0.2, -0.15) is 0 Å². The Morgan fingerprint density at radius 1 is 1.12 bits per heavy atom. The quantitative estimate of drug-likeness (QED) is 0.417. The molecule has 0 unspecified atom stereocenters. The first-order valence-corrected chi connectivity index (χ1v) is 11.7. The highest BCUT2D eigenvalue weighted by atomic mass is 32.2. The topological polar surface area (TPSA) is 66.7 Å². The third-order valence-electron chi connectivity index (χ3n) is 5.06. The van der Waals surface area contributed by atoms with Crippen LogP contribution in [0.25, 0.3) is 11.7 Å². The van der Waals surface area contributed by atoms with Crippen LogP contribution in [0.4, 0.5) is 5.82 Å². The molecular weight excluding hydrogens is 440 g/mol.